The molecule has 2 aliphatic heterocycles. The highest BCUT2D eigenvalue weighted by Gasteiger charge is 2.27. The molecule has 5 heteroatoms. The van der Waals surface area contributed by atoms with Gasteiger partial charge in [-0.05, 0) is 29.8 Å². The Bertz CT molecular complexity index is 717. The summed E-state index contributed by atoms with van der Waals surface area (Å²) >= 11 is 0. The molecule has 21 heavy (non-hydrogen) atoms. The van der Waals surface area contributed by atoms with E-state index in [9.17, 15) is 4.39 Å². The Kier molecular flexibility index (Phi) is 2.77. The summed E-state index contributed by atoms with van der Waals surface area (Å²) < 4.78 is 24.7. The molecule has 2 aromatic rings. The molecule has 0 aromatic heterocycles. The molecule has 0 radical (unpaired) electrons. The monoisotopic (exact) mass is 284 g/mol. The molecule has 0 spiro atoms. The minimum absolute atomic E-state index is 0.0311. The van der Waals surface area contributed by atoms with Crippen molar-refractivity contribution in [2.24, 2.45) is 5.10 Å². The number of benzene rings is 2. The van der Waals surface area contributed by atoms with Crippen molar-refractivity contribution < 1.29 is 13.9 Å². The van der Waals surface area contributed by atoms with Gasteiger partial charge in [0.2, 0.25) is 6.79 Å². The maximum Gasteiger partial charge on any atom is 0.231 e. The third-order valence-corrected chi connectivity index (χ3v) is 3.71. The van der Waals surface area contributed by atoms with Gasteiger partial charge in [-0.3, -0.25) is 5.01 Å². The van der Waals surface area contributed by atoms with Gasteiger partial charge in [-0.2, -0.15) is 5.10 Å². The minimum atomic E-state index is -0.276. The van der Waals surface area contributed by atoms with E-state index in [0.717, 1.165) is 23.5 Å². The van der Waals surface area contributed by atoms with Gasteiger partial charge in [-0.15, -0.1) is 0 Å². The summed E-state index contributed by atoms with van der Waals surface area (Å²) in [5.74, 6) is 1.20. The zero-order valence-corrected chi connectivity index (χ0v) is 11.2. The minimum Gasteiger partial charge on any atom is -0.454 e. The first-order valence-electron chi connectivity index (χ1n) is 6.79. The summed E-state index contributed by atoms with van der Waals surface area (Å²) in [6.07, 6.45) is 2.54. The fourth-order valence-electron chi connectivity index (χ4n) is 2.68. The van der Waals surface area contributed by atoms with Crippen LogP contribution in [0.3, 0.4) is 0 Å². The Morgan fingerprint density at radius 3 is 2.86 bits per heavy atom. The summed E-state index contributed by atoms with van der Waals surface area (Å²) in [7, 11) is 0. The third-order valence-electron chi connectivity index (χ3n) is 3.71. The highest BCUT2D eigenvalue weighted by atomic mass is 19.1. The van der Waals surface area contributed by atoms with Crippen LogP contribution in [0.4, 0.5) is 10.1 Å². The van der Waals surface area contributed by atoms with Gasteiger partial charge >= 0.3 is 0 Å². The lowest BCUT2D eigenvalue weighted by molar-refractivity contribution is 0.174. The van der Waals surface area contributed by atoms with E-state index in [1.54, 1.807) is 17.1 Å². The molecule has 1 unspecified atom stereocenters. The van der Waals surface area contributed by atoms with Gasteiger partial charge in [0.05, 0.1) is 11.7 Å². The average Bonchev–Trinajstić information content (AvgIpc) is 3.15. The Hall–Kier alpha value is -2.56. The molecule has 0 N–H and O–H groups in total. The smallest absolute Gasteiger partial charge is 0.231 e. The number of anilines is 1. The van der Waals surface area contributed by atoms with Gasteiger partial charge in [0.15, 0.2) is 11.5 Å². The molecule has 4 rings (SSSR count). The zero-order chi connectivity index (χ0) is 14.2. The van der Waals surface area contributed by atoms with Crippen molar-refractivity contribution in [1.82, 2.24) is 0 Å². The highest BCUT2D eigenvalue weighted by Crippen LogP contribution is 2.39. The average molecular weight is 284 g/mol. The first kappa shape index (κ1) is 12.2. The van der Waals surface area contributed by atoms with Crippen LogP contribution in [-0.2, 0) is 0 Å². The zero-order valence-electron chi connectivity index (χ0n) is 11.2. The van der Waals surface area contributed by atoms with Gasteiger partial charge in [-0.1, -0.05) is 18.2 Å². The second-order valence-electron chi connectivity index (χ2n) is 4.96. The number of hydrogen-bond acceptors (Lipinski definition) is 4. The van der Waals surface area contributed by atoms with Crippen molar-refractivity contribution in [1.29, 1.82) is 0 Å². The molecule has 0 fully saturated rings. The number of halogens is 1. The summed E-state index contributed by atoms with van der Waals surface area (Å²) in [6.45, 7) is 0.247. The van der Waals surface area contributed by atoms with Crippen LogP contribution < -0.4 is 14.5 Å². The van der Waals surface area contributed by atoms with E-state index in [1.165, 1.54) is 6.07 Å². The molecule has 2 heterocycles. The summed E-state index contributed by atoms with van der Waals surface area (Å²) in [5.41, 5.74) is 1.51. The van der Waals surface area contributed by atoms with Gasteiger partial charge in [0.25, 0.3) is 0 Å². The molecule has 2 aromatic carbocycles. The van der Waals surface area contributed by atoms with E-state index in [0.29, 0.717) is 5.69 Å². The topological polar surface area (TPSA) is 34.1 Å². The number of para-hydroxylation sites is 1. The number of hydrogen-bond donors (Lipinski definition) is 0. The Morgan fingerprint density at radius 2 is 1.95 bits per heavy atom. The van der Waals surface area contributed by atoms with Crippen molar-refractivity contribution in [2.75, 3.05) is 11.8 Å². The van der Waals surface area contributed by atoms with Gasteiger partial charge < -0.3 is 9.47 Å². The van der Waals surface area contributed by atoms with Crippen molar-refractivity contribution in [2.45, 2.75) is 12.5 Å². The van der Waals surface area contributed by atoms with Crippen LogP contribution in [0.15, 0.2) is 47.6 Å². The molecule has 0 bridgehead atoms. The normalized spacial score (nSPS) is 19.3. The molecule has 2 aliphatic rings. The number of hydrazone groups is 1. The lowest BCUT2D eigenvalue weighted by atomic mass is 10.0. The Labute approximate surface area is 121 Å². The Morgan fingerprint density at radius 1 is 1.10 bits per heavy atom. The van der Waals surface area contributed by atoms with Crippen molar-refractivity contribution in [3.8, 4) is 11.5 Å². The van der Waals surface area contributed by atoms with E-state index in [-0.39, 0.29) is 18.7 Å². The number of ether oxygens (including phenoxy) is 2. The highest BCUT2D eigenvalue weighted by molar-refractivity contribution is 5.68. The van der Waals surface area contributed by atoms with Crippen LogP contribution in [0.25, 0.3) is 0 Å². The molecular formula is C16H13FN2O2. The van der Waals surface area contributed by atoms with Crippen LogP contribution in [-0.4, -0.2) is 13.0 Å². The summed E-state index contributed by atoms with van der Waals surface area (Å²) in [6, 6.07) is 12.4. The fraction of sp³-hybridized carbons (Fsp3) is 0.188. The van der Waals surface area contributed by atoms with E-state index in [2.05, 4.69) is 5.10 Å². The number of rotatable bonds is 2. The van der Waals surface area contributed by atoms with Crippen LogP contribution in [0, 0.1) is 5.82 Å². The van der Waals surface area contributed by atoms with E-state index >= 15 is 0 Å². The molecule has 0 saturated carbocycles. The first-order chi connectivity index (χ1) is 10.3. The summed E-state index contributed by atoms with van der Waals surface area (Å²) in [5, 5.41) is 6.03. The standard InChI is InChI=1S/C16H13FN2O2/c17-12-3-1-2-4-14(12)19-13(7-8-18-19)11-5-6-15-16(9-11)21-10-20-15/h1-6,8-9,13H,7,10H2. The lowest BCUT2D eigenvalue weighted by Crippen LogP contribution is -2.19. The molecule has 106 valence electrons. The molecule has 0 saturated heterocycles. The predicted octanol–water partition coefficient (Wildman–Crippen LogP) is 3.49. The van der Waals surface area contributed by atoms with E-state index in [4.69, 9.17) is 9.47 Å². The predicted molar refractivity (Wildman–Crippen MR) is 77.3 cm³/mol. The molecule has 0 aliphatic carbocycles. The largest absolute Gasteiger partial charge is 0.454 e. The molecule has 1 atom stereocenters. The van der Waals surface area contributed by atoms with Crippen molar-refractivity contribution in [3.05, 3.63) is 53.8 Å². The number of fused-ring (bicyclic) bond motifs is 1. The maximum absolute atomic E-state index is 14.0. The first-order valence-corrected chi connectivity index (χ1v) is 6.79. The SMILES string of the molecule is Fc1ccccc1N1N=CCC1c1ccc2c(c1)OCO2. The quantitative estimate of drug-likeness (QED) is 0.846. The molecule has 4 nitrogen and oxygen atoms in total. The van der Waals surface area contributed by atoms with Crippen LogP contribution in [0.1, 0.15) is 18.0 Å². The van der Waals surface area contributed by atoms with Gasteiger partial charge in [0, 0.05) is 12.6 Å². The summed E-state index contributed by atoms with van der Waals surface area (Å²) in [4.78, 5) is 0. The molecule has 0 amide bonds. The second kappa shape index (κ2) is 4.77. The van der Waals surface area contributed by atoms with E-state index < -0.39 is 0 Å². The maximum atomic E-state index is 14.0. The Balaban J connectivity index is 1.70. The third kappa shape index (κ3) is 2.01. The molecular weight excluding hydrogens is 271 g/mol. The van der Waals surface area contributed by atoms with Crippen molar-refractivity contribution >= 4 is 11.9 Å². The lowest BCUT2D eigenvalue weighted by Gasteiger charge is -2.24. The number of nitrogens with zero attached hydrogens (tertiary/aromatic N) is 2. The van der Waals surface area contributed by atoms with Gasteiger partial charge in [0.1, 0.15) is 5.82 Å². The van der Waals surface area contributed by atoms with Crippen LogP contribution in [0.2, 0.25) is 0 Å². The fourth-order valence-corrected chi connectivity index (χ4v) is 2.68. The second-order valence-corrected chi connectivity index (χ2v) is 4.96. The van der Waals surface area contributed by atoms with Crippen LogP contribution >= 0.6 is 0 Å². The van der Waals surface area contributed by atoms with E-state index in [1.807, 2.05) is 30.5 Å². The van der Waals surface area contributed by atoms with Gasteiger partial charge in [-0.25, -0.2) is 4.39 Å². The van der Waals surface area contributed by atoms with Crippen molar-refractivity contribution in [3.63, 3.8) is 0 Å². The van der Waals surface area contributed by atoms with Crippen LogP contribution in [0.5, 0.6) is 11.5 Å².